The van der Waals surface area contributed by atoms with Crippen LogP contribution in [0.1, 0.15) is 36.8 Å². The number of aryl methyl sites for hydroxylation is 1. The minimum absolute atomic E-state index is 0.0973. The zero-order chi connectivity index (χ0) is 13.2. The van der Waals surface area contributed by atoms with E-state index in [-0.39, 0.29) is 11.8 Å². The average molecular weight is 293 g/mol. The van der Waals surface area contributed by atoms with Crippen LogP contribution in [0.15, 0.2) is 10.6 Å². The van der Waals surface area contributed by atoms with E-state index < -0.39 is 10.0 Å². The SMILES string of the molecule is Cc1cc(C2CCCN2S(=O)(=O)CCCCl)on1. The van der Waals surface area contributed by atoms with Crippen molar-refractivity contribution in [3.8, 4) is 0 Å². The summed E-state index contributed by atoms with van der Waals surface area (Å²) in [4.78, 5) is 0. The summed E-state index contributed by atoms with van der Waals surface area (Å²) < 4.78 is 31.1. The van der Waals surface area contributed by atoms with E-state index in [0.29, 0.717) is 24.6 Å². The number of rotatable bonds is 5. The molecule has 0 aromatic carbocycles. The van der Waals surface area contributed by atoms with Crippen molar-refractivity contribution in [2.24, 2.45) is 0 Å². The first kappa shape index (κ1) is 13.8. The Balaban J connectivity index is 2.17. The highest BCUT2D eigenvalue weighted by molar-refractivity contribution is 7.89. The van der Waals surface area contributed by atoms with Gasteiger partial charge in [0.2, 0.25) is 10.0 Å². The molecule has 2 heterocycles. The maximum Gasteiger partial charge on any atom is 0.214 e. The molecule has 0 spiro atoms. The number of sulfonamides is 1. The van der Waals surface area contributed by atoms with Gasteiger partial charge in [0.05, 0.1) is 17.5 Å². The second kappa shape index (κ2) is 5.59. The maximum atomic E-state index is 12.2. The Hall–Kier alpha value is -0.590. The summed E-state index contributed by atoms with van der Waals surface area (Å²) in [5, 5.41) is 3.82. The molecular formula is C11H17ClN2O3S. The molecule has 1 aromatic heterocycles. The fraction of sp³-hybridized carbons (Fsp3) is 0.727. The Morgan fingerprint density at radius 2 is 2.39 bits per heavy atom. The van der Waals surface area contributed by atoms with Crippen molar-refractivity contribution >= 4 is 21.6 Å². The summed E-state index contributed by atoms with van der Waals surface area (Å²) in [5.41, 5.74) is 0.773. The van der Waals surface area contributed by atoms with Crippen LogP contribution in [0.3, 0.4) is 0 Å². The van der Waals surface area contributed by atoms with Crippen molar-refractivity contribution in [3.63, 3.8) is 0 Å². The number of halogens is 1. The van der Waals surface area contributed by atoms with Crippen molar-refractivity contribution in [2.75, 3.05) is 18.2 Å². The maximum absolute atomic E-state index is 12.2. The average Bonchev–Trinajstić information content (AvgIpc) is 2.94. The molecule has 0 saturated carbocycles. The second-order valence-electron chi connectivity index (χ2n) is 4.50. The number of nitrogens with zero attached hydrogens (tertiary/aromatic N) is 2. The molecule has 18 heavy (non-hydrogen) atoms. The van der Waals surface area contributed by atoms with Crippen LogP contribution in [0.5, 0.6) is 0 Å². The molecule has 1 saturated heterocycles. The van der Waals surface area contributed by atoms with E-state index in [1.54, 1.807) is 6.07 Å². The van der Waals surface area contributed by atoms with Gasteiger partial charge >= 0.3 is 0 Å². The zero-order valence-corrected chi connectivity index (χ0v) is 11.9. The molecule has 0 amide bonds. The lowest BCUT2D eigenvalue weighted by Gasteiger charge is -2.21. The summed E-state index contributed by atoms with van der Waals surface area (Å²) in [6, 6.07) is 1.60. The van der Waals surface area contributed by atoms with Gasteiger partial charge in [-0.1, -0.05) is 5.16 Å². The van der Waals surface area contributed by atoms with Gasteiger partial charge in [0, 0.05) is 18.5 Å². The van der Waals surface area contributed by atoms with E-state index >= 15 is 0 Å². The highest BCUT2D eigenvalue weighted by Gasteiger charge is 2.36. The van der Waals surface area contributed by atoms with Crippen molar-refractivity contribution in [2.45, 2.75) is 32.2 Å². The molecule has 1 fully saturated rings. The fourth-order valence-electron chi connectivity index (χ4n) is 2.25. The predicted molar refractivity (Wildman–Crippen MR) is 69.0 cm³/mol. The van der Waals surface area contributed by atoms with E-state index in [1.165, 1.54) is 4.31 Å². The molecule has 1 unspecified atom stereocenters. The Morgan fingerprint density at radius 1 is 1.61 bits per heavy atom. The molecular weight excluding hydrogens is 276 g/mol. The predicted octanol–water partition coefficient (Wildman–Crippen LogP) is 2.08. The first-order valence-electron chi connectivity index (χ1n) is 6.03. The van der Waals surface area contributed by atoms with E-state index in [9.17, 15) is 8.42 Å². The third-order valence-electron chi connectivity index (χ3n) is 3.07. The minimum atomic E-state index is -3.25. The van der Waals surface area contributed by atoms with Crippen LogP contribution in [0, 0.1) is 6.92 Å². The topological polar surface area (TPSA) is 63.4 Å². The molecule has 0 N–H and O–H groups in total. The van der Waals surface area contributed by atoms with Crippen molar-refractivity contribution in [3.05, 3.63) is 17.5 Å². The van der Waals surface area contributed by atoms with Crippen LogP contribution >= 0.6 is 11.6 Å². The van der Waals surface area contributed by atoms with Gasteiger partial charge in [-0.05, 0) is 26.2 Å². The Morgan fingerprint density at radius 3 is 3.00 bits per heavy atom. The number of hydrogen-bond acceptors (Lipinski definition) is 4. The van der Waals surface area contributed by atoms with Crippen molar-refractivity contribution < 1.29 is 12.9 Å². The van der Waals surface area contributed by atoms with Crippen LogP contribution in [0.25, 0.3) is 0 Å². The van der Waals surface area contributed by atoms with Crippen LogP contribution in [-0.4, -0.2) is 36.1 Å². The monoisotopic (exact) mass is 292 g/mol. The van der Waals surface area contributed by atoms with E-state index in [2.05, 4.69) is 5.16 Å². The van der Waals surface area contributed by atoms with Crippen LogP contribution in [0.2, 0.25) is 0 Å². The van der Waals surface area contributed by atoms with Crippen LogP contribution in [-0.2, 0) is 10.0 Å². The van der Waals surface area contributed by atoms with Gasteiger partial charge in [0.25, 0.3) is 0 Å². The Labute approximate surface area is 112 Å². The number of hydrogen-bond donors (Lipinski definition) is 0. The molecule has 102 valence electrons. The molecule has 1 aliphatic rings. The summed E-state index contributed by atoms with van der Waals surface area (Å²) in [5.74, 6) is 1.10. The molecule has 5 nitrogen and oxygen atoms in total. The van der Waals surface area contributed by atoms with Crippen LogP contribution < -0.4 is 0 Å². The van der Waals surface area contributed by atoms with Crippen LogP contribution in [0.4, 0.5) is 0 Å². The third-order valence-corrected chi connectivity index (χ3v) is 5.30. The van der Waals surface area contributed by atoms with Gasteiger partial charge in [0.1, 0.15) is 0 Å². The summed E-state index contributed by atoms with van der Waals surface area (Å²) in [6.07, 6.45) is 2.11. The quantitative estimate of drug-likeness (QED) is 0.780. The van der Waals surface area contributed by atoms with Crippen molar-refractivity contribution in [1.82, 2.24) is 9.46 Å². The number of alkyl halides is 1. The second-order valence-corrected chi connectivity index (χ2v) is 6.92. The molecule has 0 aliphatic carbocycles. The molecule has 1 aliphatic heterocycles. The molecule has 0 bridgehead atoms. The molecule has 1 atom stereocenters. The van der Waals surface area contributed by atoms with Gasteiger partial charge in [-0.15, -0.1) is 11.6 Å². The van der Waals surface area contributed by atoms with E-state index in [1.807, 2.05) is 6.92 Å². The lowest BCUT2D eigenvalue weighted by Crippen LogP contribution is -2.32. The standard InChI is InChI=1S/C11H17ClN2O3S/c1-9-8-11(17-13-9)10-4-2-6-14(10)18(15,16)7-3-5-12/h8,10H,2-7H2,1H3. The minimum Gasteiger partial charge on any atom is -0.359 e. The van der Waals surface area contributed by atoms with E-state index in [0.717, 1.165) is 18.5 Å². The lowest BCUT2D eigenvalue weighted by molar-refractivity contribution is 0.297. The highest BCUT2D eigenvalue weighted by Crippen LogP contribution is 2.34. The normalized spacial score (nSPS) is 21.6. The molecule has 7 heteroatoms. The van der Waals surface area contributed by atoms with Crippen molar-refractivity contribution in [1.29, 1.82) is 0 Å². The first-order chi connectivity index (χ1) is 8.54. The van der Waals surface area contributed by atoms with Gasteiger partial charge in [-0.25, -0.2) is 8.42 Å². The highest BCUT2D eigenvalue weighted by atomic mass is 35.5. The lowest BCUT2D eigenvalue weighted by atomic mass is 10.2. The van der Waals surface area contributed by atoms with Gasteiger partial charge < -0.3 is 4.52 Å². The smallest absolute Gasteiger partial charge is 0.214 e. The largest absolute Gasteiger partial charge is 0.359 e. The van der Waals surface area contributed by atoms with Gasteiger partial charge in [0.15, 0.2) is 5.76 Å². The molecule has 0 radical (unpaired) electrons. The number of aromatic nitrogens is 1. The van der Waals surface area contributed by atoms with Gasteiger partial charge in [-0.2, -0.15) is 4.31 Å². The molecule has 2 rings (SSSR count). The Kier molecular flexibility index (Phi) is 4.29. The zero-order valence-electron chi connectivity index (χ0n) is 10.3. The summed E-state index contributed by atoms with van der Waals surface area (Å²) in [7, 11) is -3.25. The first-order valence-corrected chi connectivity index (χ1v) is 8.17. The van der Waals surface area contributed by atoms with Gasteiger partial charge in [-0.3, -0.25) is 0 Å². The van der Waals surface area contributed by atoms with E-state index in [4.69, 9.17) is 16.1 Å². The molecule has 1 aromatic rings. The fourth-order valence-corrected chi connectivity index (χ4v) is 4.29. The summed E-state index contributed by atoms with van der Waals surface area (Å²) >= 11 is 5.56. The third kappa shape index (κ3) is 2.87. The Bertz CT molecular complexity index is 500. The summed E-state index contributed by atoms with van der Waals surface area (Å²) in [6.45, 7) is 2.38.